The van der Waals surface area contributed by atoms with Crippen molar-refractivity contribution in [3.63, 3.8) is 0 Å². The second-order valence-corrected chi connectivity index (χ2v) is 10.1. The number of amides is 1. The Morgan fingerprint density at radius 3 is 2.49 bits per heavy atom. The monoisotopic (exact) mass is 491 g/mol. The van der Waals surface area contributed by atoms with Gasteiger partial charge in [-0.15, -0.1) is 0 Å². The van der Waals surface area contributed by atoms with E-state index in [2.05, 4.69) is 5.32 Å². The first-order valence-electron chi connectivity index (χ1n) is 11.9. The van der Waals surface area contributed by atoms with Crippen molar-refractivity contribution in [2.45, 2.75) is 71.6 Å². The molecular weight excluding hydrogens is 460 g/mol. The Hall–Kier alpha value is -3.17. The van der Waals surface area contributed by atoms with Gasteiger partial charge in [-0.25, -0.2) is 18.4 Å². The number of anilines is 1. The minimum absolute atomic E-state index is 0.0111. The summed E-state index contributed by atoms with van der Waals surface area (Å²) in [5.74, 6) is -2.54. The lowest BCUT2D eigenvalue weighted by Gasteiger charge is -2.24. The number of carbonyl (C=O) groups excluding carboxylic acids is 2. The van der Waals surface area contributed by atoms with Crippen LogP contribution in [0.25, 0.3) is 10.9 Å². The molecule has 1 aliphatic carbocycles. The highest BCUT2D eigenvalue weighted by molar-refractivity contribution is 5.96. The normalized spacial score (nSPS) is 18.1. The van der Waals surface area contributed by atoms with E-state index in [1.807, 2.05) is 0 Å². The average molecular weight is 492 g/mol. The number of fused-ring (bicyclic) bond motifs is 1. The number of hydrogen-bond acceptors (Lipinski definition) is 6. The van der Waals surface area contributed by atoms with Crippen molar-refractivity contribution in [1.82, 2.24) is 9.88 Å². The van der Waals surface area contributed by atoms with Crippen LogP contribution in [0.15, 0.2) is 10.9 Å². The van der Waals surface area contributed by atoms with E-state index in [4.69, 9.17) is 9.47 Å². The van der Waals surface area contributed by atoms with Gasteiger partial charge >= 0.3 is 12.1 Å². The molecule has 2 fully saturated rings. The number of alkyl carbamates (subject to hydrolysis) is 1. The summed E-state index contributed by atoms with van der Waals surface area (Å²) in [6, 6.07) is 0.573. The fourth-order valence-corrected chi connectivity index (χ4v) is 4.67. The van der Waals surface area contributed by atoms with Gasteiger partial charge in [0.05, 0.1) is 23.6 Å². The predicted molar refractivity (Wildman–Crippen MR) is 127 cm³/mol. The molecule has 1 aromatic heterocycles. The van der Waals surface area contributed by atoms with E-state index in [0.717, 1.165) is 18.9 Å². The lowest BCUT2D eigenvalue weighted by atomic mass is 10.1. The topological polar surface area (TPSA) is 89.9 Å². The molecule has 1 N–H and O–H groups in total. The Bertz CT molecular complexity index is 1250. The van der Waals surface area contributed by atoms with Gasteiger partial charge in [-0.3, -0.25) is 4.79 Å². The van der Waals surface area contributed by atoms with Crippen LogP contribution in [0, 0.1) is 18.6 Å². The maximum Gasteiger partial charge on any atom is 0.407 e. The summed E-state index contributed by atoms with van der Waals surface area (Å²) in [7, 11) is 0. The Kier molecular flexibility index (Phi) is 6.50. The quantitative estimate of drug-likeness (QED) is 0.631. The summed E-state index contributed by atoms with van der Waals surface area (Å²) in [6.07, 6.45) is 1.41. The van der Waals surface area contributed by atoms with Gasteiger partial charge in [0.25, 0.3) is 0 Å². The first-order valence-corrected chi connectivity index (χ1v) is 11.9. The lowest BCUT2D eigenvalue weighted by Crippen LogP contribution is -2.40. The number of halogens is 2. The zero-order valence-electron chi connectivity index (χ0n) is 20.7. The van der Waals surface area contributed by atoms with Crippen LogP contribution < -0.4 is 15.6 Å². The van der Waals surface area contributed by atoms with Crippen LogP contribution >= 0.6 is 0 Å². The molecule has 10 heteroatoms. The molecule has 2 aromatic rings. The summed E-state index contributed by atoms with van der Waals surface area (Å²) >= 11 is 0. The van der Waals surface area contributed by atoms with Crippen LogP contribution in [0.4, 0.5) is 19.3 Å². The zero-order valence-corrected chi connectivity index (χ0v) is 20.7. The van der Waals surface area contributed by atoms with Crippen molar-refractivity contribution in [3.8, 4) is 0 Å². The highest BCUT2D eigenvalue weighted by Crippen LogP contribution is 2.41. The van der Waals surface area contributed by atoms with Crippen molar-refractivity contribution in [2.24, 2.45) is 0 Å². The Labute approximate surface area is 202 Å². The van der Waals surface area contributed by atoms with E-state index < -0.39 is 34.7 Å². The molecule has 35 heavy (non-hydrogen) atoms. The molecule has 1 atom stereocenters. The second kappa shape index (κ2) is 9.13. The van der Waals surface area contributed by atoms with Gasteiger partial charge in [-0.2, -0.15) is 0 Å². The molecule has 1 aromatic carbocycles. The van der Waals surface area contributed by atoms with E-state index in [-0.39, 0.29) is 47.4 Å². The van der Waals surface area contributed by atoms with E-state index in [1.165, 1.54) is 4.90 Å². The van der Waals surface area contributed by atoms with E-state index in [1.54, 1.807) is 39.2 Å². The molecule has 4 rings (SSSR count). The number of hydrogen-bond donors (Lipinski definition) is 1. The minimum atomic E-state index is -0.897. The molecule has 1 unspecified atom stereocenters. The van der Waals surface area contributed by atoms with Crippen LogP contribution in [0.1, 0.15) is 69.1 Å². The van der Waals surface area contributed by atoms with Crippen molar-refractivity contribution >= 4 is 28.7 Å². The second-order valence-electron chi connectivity index (χ2n) is 10.1. The highest BCUT2D eigenvalue weighted by atomic mass is 19.1. The summed E-state index contributed by atoms with van der Waals surface area (Å²) in [6.45, 7) is 9.05. The number of pyridine rings is 1. The number of carbonyl (C=O) groups is 2. The number of aromatic nitrogens is 1. The molecule has 2 aliphatic rings. The molecule has 1 saturated carbocycles. The van der Waals surface area contributed by atoms with Crippen LogP contribution in [-0.4, -0.2) is 48.0 Å². The number of esters is 1. The van der Waals surface area contributed by atoms with Gasteiger partial charge in [-0.1, -0.05) is 0 Å². The van der Waals surface area contributed by atoms with E-state index in [9.17, 15) is 14.4 Å². The lowest BCUT2D eigenvalue weighted by molar-refractivity contribution is 0.0503. The third-order valence-electron chi connectivity index (χ3n) is 6.22. The van der Waals surface area contributed by atoms with Gasteiger partial charge in [0, 0.05) is 24.8 Å². The standard InChI is InChI=1S/C25H31F2N3O5/c1-6-34-23(32)18-13(2)30(15-7-8-15)20-16(22(18)31)11-17(26)21(19(20)27)29-10-9-14(12-29)28-24(33)35-25(3,4)5/h11,14-15H,6-10,12H2,1-5H3,(H,28,33). The van der Waals surface area contributed by atoms with Gasteiger partial charge in [0.15, 0.2) is 5.82 Å². The first-order chi connectivity index (χ1) is 16.4. The Balaban J connectivity index is 1.74. The van der Waals surface area contributed by atoms with Gasteiger partial charge in [-0.05, 0) is 59.9 Å². The maximum atomic E-state index is 16.0. The Morgan fingerprint density at radius 1 is 1.20 bits per heavy atom. The molecule has 1 amide bonds. The number of ether oxygens (including phenoxy) is 2. The minimum Gasteiger partial charge on any atom is -0.462 e. The molecule has 2 heterocycles. The predicted octanol–water partition coefficient (Wildman–Crippen LogP) is 4.20. The number of rotatable bonds is 5. The Morgan fingerprint density at radius 2 is 1.89 bits per heavy atom. The fourth-order valence-electron chi connectivity index (χ4n) is 4.67. The average Bonchev–Trinajstić information content (AvgIpc) is 3.47. The molecule has 0 spiro atoms. The number of nitrogens with one attached hydrogen (secondary N) is 1. The number of benzene rings is 1. The molecule has 1 saturated heterocycles. The molecule has 190 valence electrons. The first kappa shape index (κ1) is 24.9. The van der Waals surface area contributed by atoms with Crippen molar-refractivity contribution < 1.29 is 27.8 Å². The fraction of sp³-hybridized carbons (Fsp3) is 0.560. The molecule has 0 bridgehead atoms. The van der Waals surface area contributed by atoms with Gasteiger partial charge < -0.3 is 24.3 Å². The van der Waals surface area contributed by atoms with Crippen LogP contribution in [-0.2, 0) is 9.47 Å². The number of nitrogens with zero attached hydrogens (tertiary/aromatic N) is 2. The summed E-state index contributed by atoms with van der Waals surface area (Å²) < 4.78 is 43.3. The molecule has 8 nitrogen and oxygen atoms in total. The van der Waals surface area contributed by atoms with Gasteiger partial charge in [0.1, 0.15) is 22.7 Å². The molecule has 1 aliphatic heterocycles. The van der Waals surface area contributed by atoms with Crippen molar-refractivity contribution in [3.05, 3.63) is 39.2 Å². The smallest absolute Gasteiger partial charge is 0.407 e. The van der Waals surface area contributed by atoms with Crippen molar-refractivity contribution in [2.75, 3.05) is 24.6 Å². The van der Waals surface area contributed by atoms with Gasteiger partial charge in [0.2, 0.25) is 5.43 Å². The summed E-state index contributed by atoms with van der Waals surface area (Å²) in [5, 5.41) is 2.56. The summed E-state index contributed by atoms with van der Waals surface area (Å²) in [4.78, 5) is 39.3. The van der Waals surface area contributed by atoms with Crippen LogP contribution in [0.2, 0.25) is 0 Å². The maximum absolute atomic E-state index is 16.0. The van der Waals surface area contributed by atoms with E-state index >= 15 is 8.78 Å². The largest absolute Gasteiger partial charge is 0.462 e. The van der Waals surface area contributed by atoms with E-state index in [0.29, 0.717) is 18.7 Å². The highest BCUT2D eigenvalue weighted by Gasteiger charge is 2.35. The summed E-state index contributed by atoms with van der Waals surface area (Å²) in [5.41, 5.74) is -1.55. The third-order valence-corrected chi connectivity index (χ3v) is 6.22. The van der Waals surface area contributed by atoms with Crippen molar-refractivity contribution in [1.29, 1.82) is 0 Å². The van der Waals surface area contributed by atoms with Crippen LogP contribution in [0.3, 0.4) is 0 Å². The third kappa shape index (κ3) is 4.83. The molecular formula is C25H31F2N3O5. The SMILES string of the molecule is CCOC(=O)c1c(C)n(C2CC2)c2c(F)c(N3CCC(NC(=O)OC(C)(C)C)C3)c(F)cc2c1=O. The molecule has 0 radical (unpaired) electrons. The van der Waals surface area contributed by atoms with Crippen LogP contribution in [0.5, 0.6) is 0 Å². The zero-order chi connectivity index (χ0) is 25.7.